The summed E-state index contributed by atoms with van der Waals surface area (Å²) < 4.78 is 27.3. The zero-order valence-electron chi connectivity index (χ0n) is 12.2. The van der Waals surface area contributed by atoms with Crippen molar-refractivity contribution in [2.45, 2.75) is 18.7 Å². The van der Waals surface area contributed by atoms with Crippen LogP contribution >= 0.6 is 23.2 Å². The van der Waals surface area contributed by atoms with Gasteiger partial charge in [0.05, 0.1) is 16.0 Å². The molecular formula is C15H12Cl2NO4S-. The van der Waals surface area contributed by atoms with E-state index in [0.717, 1.165) is 23.3 Å². The third-order valence-corrected chi connectivity index (χ3v) is 5.45. The molecule has 122 valence electrons. The van der Waals surface area contributed by atoms with Crippen molar-refractivity contribution in [3.8, 4) is 0 Å². The van der Waals surface area contributed by atoms with E-state index in [2.05, 4.69) is 4.72 Å². The topological polar surface area (TPSA) is 86.3 Å². The number of carbonyl (C=O) groups excluding carboxylic acids is 1. The number of carboxylic acids is 1. The van der Waals surface area contributed by atoms with E-state index in [4.69, 9.17) is 23.2 Å². The van der Waals surface area contributed by atoms with Gasteiger partial charge in [-0.3, -0.25) is 4.72 Å². The van der Waals surface area contributed by atoms with Crippen LogP contribution in [-0.2, 0) is 10.0 Å². The minimum absolute atomic E-state index is 0.184. The molecule has 0 aliphatic rings. The largest absolute Gasteiger partial charge is 0.545 e. The van der Waals surface area contributed by atoms with Gasteiger partial charge in [-0.15, -0.1) is 0 Å². The lowest BCUT2D eigenvalue weighted by Gasteiger charge is -2.13. The number of aromatic carboxylic acids is 1. The second kappa shape index (κ2) is 6.39. The standard InChI is InChI=1S/C15H13Cl2NO4S/c1-8-3-4-10(5-9(8)2)18-23(21,22)14-6-11(15(19)20)12(16)7-13(14)17/h3-7,18H,1-2H3,(H,19,20)/p-1. The third kappa shape index (κ3) is 3.77. The van der Waals surface area contributed by atoms with Gasteiger partial charge in [-0.25, -0.2) is 8.42 Å². The Morgan fingerprint density at radius 1 is 1.04 bits per heavy atom. The van der Waals surface area contributed by atoms with Crippen LogP contribution in [0.2, 0.25) is 10.0 Å². The van der Waals surface area contributed by atoms with Crippen molar-refractivity contribution in [1.29, 1.82) is 0 Å². The number of carbonyl (C=O) groups is 1. The van der Waals surface area contributed by atoms with Crippen LogP contribution in [0.25, 0.3) is 0 Å². The molecule has 0 spiro atoms. The molecule has 0 heterocycles. The van der Waals surface area contributed by atoms with Gasteiger partial charge in [0, 0.05) is 11.3 Å². The summed E-state index contributed by atoms with van der Waals surface area (Å²) >= 11 is 11.6. The normalized spacial score (nSPS) is 11.3. The average Bonchev–Trinajstić information content (AvgIpc) is 2.41. The predicted octanol–water partition coefficient (Wildman–Crippen LogP) is 2.77. The minimum atomic E-state index is -4.08. The molecule has 1 N–H and O–H groups in total. The number of nitrogens with one attached hydrogen (secondary N) is 1. The molecule has 8 heteroatoms. The average molecular weight is 373 g/mol. The van der Waals surface area contributed by atoms with Gasteiger partial charge < -0.3 is 9.90 Å². The van der Waals surface area contributed by atoms with Gasteiger partial charge in [-0.1, -0.05) is 29.3 Å². The SMILES string of the molecule is Cc1ccc(NS(=O)(=O)c2cc(C(=O)[O-])c(Cl)cc2Cl)cc1C. The number of rotatable bonds is 4. The molecule has 23 heavy (non-hydrogen) atoms. The molecule has 0 aliphatic heterocycles. The van der Waals surface area contributed by atoms with E-state index >= 15 is 0 Å². The lowest BCUT2D eigenvalue weighted by Crippen LogP contribution is -2.23. The van der Waals surface area contributed by atoms with Crippen LogP contribution in [0, 0.1) is 13.8 Å². The fourth-order valence-corrected chi connectivity index (χ4v) is 3.81. The number of hydrogen-bond acceptors (Lipinski definition) is 4. The Labute approximate surface area is 143 Å². The van der Waals surface area contributed by atoms with Crippen LogP contribution in [0.1, 0.15) is 21.5 Å². The Bertz CT molecular complexity index is 895. The molecule has 0 amide bonds. The maximum atomic E-state index is 12.5. The minimum Gasteiger partial charge on any atom is -0.545 e. The highest BCUT2D eigenvalue weighted by Crippen LogP contribution is 2.30. The number of benzene rings is 2. The van der Waals surface area contributed by atoms with Crippen molar-refractivity contribution in [2.75, 3.05) is 4.72 Å². The first-order chi connectivity index (χ1) is 10.6. The van der Waals surface area contributed by atoms with E-state index in [1.165, 1.54) is 0 Å². The second-order valence-corrected chi connectivity index (χ2v) is 7.42. The molecule has 0 bridgehead atoms. The molecule has 2 rings (SSSR count). The van der Waals surface area contributed by atoms with Gasteiger partial charge in [-0.05, 0) is 49.2 Å². The van der Waals surface area contributed by atoms with Crippen LogP contribution in [0.15, 0.2) is 35.2 Å². The fourth-order valence-electron chi connectivity index (χ4n) is 1.91. The number of halogens is 2. The smallest absolute Gasteiger partial charge is 0.263 e. The second-order valence-electron chi connectivity index (χ2n) is 4.95. The number of anilines is 1. The van der Waals surface area contributed by atoms with Crippen LogP contribution in [0.4, 0.5) is 5.69 Å². The number of aryl methyl sites for hydroxylation is 2. The molecule has 2 aromatic carbocycles. The van der Waals surface area contributed by atoms with Crippen LogP contribution in [0.5, 0.6) is 0 Å². The predicted molar refractivity (Wildman–Crippen MR) is 87.5 cm³/mol. The number of carboxylic acid groups (broad SMARTS) is 1. The van der Waals surface area contributed by atoms with Gasteiger partial charge in [0.2, 0.25) is 0 Å². The summed E-state index contributed by atoms with van der Waals surface area (Å²) in [6.07, 6.45) is 0. The first-order valence-electron chi connectivity index (χ1n) is 6.42. The zero-order valence-corrected chi connectivity index (χ0v) is 14.5. The van der Waals surface area contributed by atoms with Gasteiger partial charge in [-0.2, -0.15) is 0 Å². The quantitative estimate of drug-likeness (QED) is 0.893. The number of hydrogen-bond donors (Lipinski definition) is 1. The molecule has 5 nitrogen and oxygen atoms in total. The van der Waals surface area contributed by atoms with Gasteiger partial charge >= 0.3 is 0 Å². The molecule has 0 saturated heterocycles. The Morgan fingerprint density at radius 2 is 1.70 bits per heavy atom. The van der Waals surface area contributed by atoms with Crippen LogP contribution in [-0.4, -0.2) is 14.4 Å². The van der Waals surface area contributed by atoms with Crippen molar-refractivity contribution >= 4 is 44.9 Å². The van der Waals surface area contributed by atoms with E-state index in [1.54, 1.807) is 18.2 Å². The Hall–Kier alpha value is -1.76. The summed E-state index contributed by atoms with van der Waals surface area (Å²) in [6, 6.07) is 6.97. The van der Waals surface area contributed by atoms with Crippen molar-refractivity contribution in [3.63, 3.8) is 0 Å². The van der Waals surface area contributed by atoms with Crippen molar-refractivity contribution in [2.24, 2.45) is 0 Å². The highest BCUT2D eigenvalue weighted by Gasteiger charge is 2.21. The molecule has 0 saturated carbocycles. The molecule has 0 radical (unpaired) electrons. The molecule has 2 aromatic rings. The molecule has 0 fully saturated rings. The summed E-state index contributed by atoms with van der Waals surface area (Å²) in [4.78, 5) is 10.6. The van der Waals surface area contributed by atoms with Gasteiger partial charge in [0.25, 0.3) is 10.0 Å². The van der Waals surface area contributed by atoms with Crippen LogP contribution < -0.4 is 9.83 Å². The Kier molecular flexibility index (Phi) is 4.89. The summed E-state index contributed by atoms with van der Waals surface area (Å²) in [7, 11) is -4.08. The van der Waals surface area contributed by atoms with E-state index in [-0.39, 0.29) is 14.9 Å². The lowest BCUT2D eigenvalue weighted by molar-refractivity contribution is -0.255. The maximum absolute atomic E-state index is 12.5. The third-order valence-electron chi connectivity index (χ3n) is 3.29. The van der Waals surface area contributed by atoms with E-state index < -0.39 is 21.6 Å². The summed E-state index contributed by atoms with van der Waals surface area (Å²) in [5, 5.41) is 10.6. The summed E-state index contributed by atoms with van der Waals surface area (Å²) in [6.45, 7) is 3.74. The summed E-state index contributed by atoms with van der Waals surface area (Å²) in [5.74, 6) is -1.59. The highest BCUT2D eigenvalue weighted by atomic mass is 35.5. The van der Waals surface area contributed by atoms with Crippen molar-refractivity contribution in [3.05, 3.63) is 57.1 Å². The molecular weight excluding hydrogens is 361 g/mol. The van der Waals surface area contributed by atoms with Crippen LogP contribution in [0.3, 0.4) is 0 Å². The monoisotopic (exact) mass is 372 g/mol. The fraction of sp³-hybridized carbons (Fsp3) is 0.133. The summed E-state index contributed by atoms with van der Waals surface area (Å²) in [5.41, 5.74) is 1.81. The van der Waals surface area contributed by atoms with E-state index in [1.807, 2.05) is 13.8 Å². The highest BCUT2D eigenvalue weighted by molar-refractivity contribution is 7.92. The van der Waals surface area contributed by atoms with E-state index in [9.17, 15) is 18.3 Å². The van der Waals surface area contributed by atoms with Crippen molar-refractivity contribution < 1.29 is 18.3 Å². The van der Waals surface area contributed by atoms with E-state index in [0.29, 0.717) is 5.69 Å². The van der Waals surface area contributed by atoms with Gasteiger partial charge in [0.1, 0.15) is 4.90 Å². The van der Waals surface area contributed by atoms with Crippen molar-refractivity contribution in [1.82, 2.24) is 0 Å². The van der Waals surface area contributed by atoms with Gasteiger partial charge in [0.15, 0.2) is 0 Å². The Balaban J connectivity index is 2.49. The first kappa shape index (κ1) is 17.6. The Morgan fingerprint density at radius 3 is 2.26 bits per heavy atom. The first-order valence-corrected chi connectivity index (χ1v) is 8.66. The lowest BCUT2D eigenvalue weighted by atomic mass is 10.1. The molecule has 0 atom stereocenters. The zero-order chi connectivity index (χ0) is 17.4. The molecule has 0 unspecified atom stereocenters. The number of sulfonamides is 1. The maximum Gasteiger partial charge on any atom is 0.263 e. The molecule has 0 aliphatic carbocycles. The molecule has 0 aromatic heterocycles.